The molecule has 2 aliphatic rings. The van der Waals surface area contributed by atoms with E-state index in [9.17, 15) is 14.7 Å². The summed E-state index contributed by atoms with van der Waals surface area (Å²) in [6.45, 7) is 1.87. The van der Waals surface area contributed by atoms with Gasteiger partial charge in [0.1, 0.15) is 5.82 Å². The van der Waals surface area contributed by atoms with Crippen molar-refractivity contribution in [1.29, 1.82) is 0 Å². The van der Waals surface area contributed by atoms with E-state index in [1.807, 2.05) is 30.5 Å². The highest BCUT2D eigenvalue weighted by Gasteiger charge is 2.42. The number of carboxylic acid groups (broad SMARTS) is 1. The number of ether oxygens (including phenoxy) is 3. The highest BCUT2D eigenvalue weighted by Crippen LogP contribution is 2.52. The first-order valence-corrected chi connectivity index (χ1v) is 14.0. The number of hydrogen-bond donors (Lipinski definition) is 2. The van der Waals surface area contributed by atoms with Crippen LogP contribution in [0.25, 0.3) is 5.69 Å². The number of carbonyl (C=O) groups excluding carboxylic acids is 1. The van der Waals surface area contributed by atoms with Crippen LogP contribution in [0.4, 0.5) is 5.82 Å². The van der Waals surface area contributed by atoms with Gasteiger partial charge in [0, 0.05) is 40.0 Å². The van der Waals surface area contributed by atoms with Gasteiger partial charge in [0.05, 0.1) is 38.3 Å². The molecule has 0 bridgehead atoms. The zero-order valence-electron chi connectivity index (χ0n) is 23.1. The van der Waals surface area contributed by atoms with Gasteiger partial charge in [0.25, 0.3) is 0 Å². The van der Waals surface area contributed by atoms with Crippen LogP contribution in [0.5, 0.6) is 17.2 Å². The van der Waals surface area contributed by atoms with Crippen molar-refractivity contribution in [1.82, 2.24) is 9.78 Å². The fraction of sp³-hybridized carbons (Fsp3) is 0.258. The largest absolute Gasteiger partial charge is 0.493 e. The molecule has 1 aliphatic heterocycles. The van der Waals surface area contributed by atoms with E-state index < -0.39 is 11.9 Å². The van der Waals surface area contributed by atoms with E-state index >= 15 is 0 Å². The van der Waals surface area contributed by atoms with Crippen molar-refractivity contribution in [3.8, 4) is 22.9 Å². The number of methoxy groups -OCH3 is 3. The molecule has 2 aromatic heterocycles. The number of nitrogens with zero attached hydrogens (tertiary/aromatic N) is 2. The number of nitrogens with one attached hydrogen (secondary N) is 1. The monoisotopic (exact) mass is 571 g/mol. The fourth-order valence-corrected chi connectivity index (χ4v) is 6.85. The van der Waals surface area contributed by atoms with Crippen LogP contribution in [0, 0.1) is 6.92 Å². The first kappa shape index (κ1) is 26.6. The molecule has 210 valence electrons. The number of ketones is 1. The summed E-state index contributed by atoms with van der Waals surface area (Å²) >= 11 is 1.64. The average molecular weight is 572 g/mol. The smallest absolute Gasteiger partial charge is 0.337 e. The average Bonchev–Trinajstić information content (AvgIpc) is 3.63. The van der Waals surface area contributed by atoms with Crippen molar-refractivity contribution < 1.29 is 28.9 Å². The van der Waals surface area contributed by atoms with Crippen LogP contribution < -0.4 is 19.5 Å². The van der Waals surface area contributed by atoms with Gasteiger partial charge in [-0.05, 0) is 54.6 Å². The zero-order chi connectivity index (χ0) is 28.8. The molecule has 2 atom stereocenters. The maximum Gasteiger partial charge on any atom is 0.337 e. The van der Waals surface area contributed by atoms with Crippen LogP contribution in [-0.4, -0.2) is 48.0 Å². The quantitative estimate of drug-likeness (QED) is 0.281. The van der Waals surface area contributed by atoms with Gasteiger partial charge in [-0.3, -0.25) is 4.79 Å². The molecule has 3 heterocycles. The first-order valence-electron chi connectivity index (χ1n) is 13.1. The highest BCUT2D eigenvalue weighted by atomic mass is 32.1. The summed E-state index contributed by atoms with van der Waals surface area (Å²) in [6.07, 6.45) is 1.03. The lowest BCUT2D eigenvalue weighted by molar-refractivity contribution is -0.116. The third-order valence-corrected chi connectivity index (χ3v) is 8.82. The molecule has 4 aromatic rings. The van der Waals surface area contributed by atoms with Gasteiger partial charge < -0.3 is 24.6 Å². The Morgan fingerprint density at radius 2 is 1.78 bits per heavy atom. The maximum absolute atomic E-state index is 14.0. The van der Waals surface area contributed by atoms with Crippen molar-refractivity contribution in [2.45, 2.75) is 31.6 Å². The van der Waals surface area contributed by atoms with Crippen LogP contribution in [0.3, 0.4) is 0 Å². The highest BCUT2D eigenvalue weighted by molar-refractivity contribution is 7.10. The molecule has 0 radical (unpaired) electrons. The van der Waals surface area contributed by atoms with Gasteiger partial charge in [0.15, 0.2) is 17.3 Å². The van der Waals surface area contributed by atoms with Gasteiger partial charge in [-0.25, -0.2) is 9.48 Å². The summed E-state index contributed by atoms with van der Waals surface area (Å²) in [4.78, 5) is 27.3. The Balaban J connectivity index is 1.60. The van der Waals surface area contributed by atoms with Crippen LogP contribution in [-0.2, 0) is 4.79 Å². The molecule has 6 rings (SSSR count). The van der Waals surface area contributed by atoms with Crippen molar-refractivity contribution in [2.24, 2.45) is 0 Å². The zero-order valence-corrected chi connectivity index (χ0v) is 23.9. The Morgan fingerprint density at radius 3 is 2.41 bits per heavy atom. The second-order valence-corrected chi connectivity index (χ2v) is 11.0. The van der Waals surface area contributed by atoms with E-state index in [2.05, 4.69) is 11.4 Å². The molecular formula is C31H29N3O6S. The number of allylic oxidation sites excluding steroid dienone is 2. The normalized spacial score (nSPS) is 17.9. The van der Waals surface area contributed by atoms with Crippen LogP contribution in [0.1, 0.15) is 56.7 Å². The number of para-hydroxylation sites is 1. The minimum atomic E-state index is -1.05. The molecule has 2 N–H and O–H groups in total. The lowest BCUT2D eigenvalue weighted by Crippen LogP contribution is -2.30. The Hall–Kier alpha value is -4.57. The standard InChI is InChI=1S/C31H29N3O6S/c1-16-26-27(18-14-23(38-2)29(40-4)24(15-18)39-3)28-20(12-17(13-22(28)35)25-10-7-11-41-25)32-30(26)34(33-16)21-9-6-5-8-19(21)31(36)37/h5-11,14-15,17,27,32H,12-13H2,1-4H3,(H,36,37). The lowest BCUT2D eigenvalue weighted by atomic mass is 9.73. The molecule has 0 spiro atoms. The summed E-state index contributed by atoms with van der Waals surface area (Å²) in [5.74, 6) is 0.600. The Kier molecular flexibility index (Phi) is 6.78. The number of aromatic carboxylic acids is 1. The lowest BCUT2D eigenvalue weighted by Gasteiger charge is -2.35. The molecule has 2 aromatic carbocycles. The van der Waals surface area contributed by atoms with E-state index in [4.69, 9.17) is 19.3 Å². The topological polar surface area (TPSA) is 112 Å². The number of aromatic nitrogens is 2. The second-order valence-electron chi connectivity index (χ2n) is 10.0. The van der Waals surface area contributed by atoms with E-state index in [0.29, 0.717) is 52.9 Å². The molecular weight excluding hydrogens is 542 g/mol. The van der Waals surface area contributed by atoms with Crippen molar-refractivity contribution >= 4 is 28.9 Å². The molecule has 0 fully saturated rings. The van der Waals surface area contributed by atoms with Gasteiger partial charge in [-0.15, -0.1) is 11.3 Å². The van der Waals surface area contributed by atoms with Crippen LogP contribution in [0.15, 0.2) is 65.2 Å². The van der Waals surface area contributed by atoms with Crippen molar-refractivity contribution in [2.75, 3.05) is 26.6 Å². The fourth-order valence-electron chi connectivity index (χ4n) is 6.02. The number of aryl methyl sites for hydroxylation is 1. The predicted octanol–water partition coefficient (Wildman–Crippen LogP) is 5.92. The summed E-state index contributed by atoms with van der Waals surface area (Å²) < 4.78 is 18.5. The van der Waals surface area contributed by atoms with Crippen LogP contribution in [0.2, 0.25) is 0 Å². The van der Waals surface area contributed by atoms with Gasteiger partial charge in [-0.2, -0.15) is 5.10 Å². The number of Topliss-reactive ketones (excluding diaryl/α,β-unsaturated/α-hetero) is 1. The minimum absolute atomic E-state index is 0.0414. The summed E-state index contributed by atoms with van der Waals surface area (Å²) in [6, 6.07) is 14.6. The third kappa shape index (κ3) is 4.35. The second kappa shape index (κ2) is 10.4. The molecule has 0 saturated carbocycles. The SMILES string of the molecule is COc1cc(C2C3=C(CC(c4cccs4)CC3=O)Nc3c2c(C)nn3-c2ccccc2C(=O)O)cc(OC)c1OC. The number of hydrogen-bond acceptors (Lipinski definition) is 8. The van der Waals surface area contributed by atoms with Gasteiger partial charge in [0.2, 0.25) is 5.75 Å². The number of carboxylic acids is 1. The first-order chi connectivity index (χ1) is 19.9. The van der Waals surface area contributed by atoms with Crippen LogP contribution >= 0.6 is 11.3 Å². The molecule has 1 aliphatic carbocycles. The number of carbonyl (C=O) groups is 2. The maximum atomic E-state index is 14.0. The molecule has 0 saturated heterocycles. The molecule has 0 amide bonds. The summed E-state index contributed by atoms with van der Waals surface area (Å²) in [5.41, 5.74) is 4.29. The van der Waals surface area contributed by atoms with Crippen molar-refractivity contribution in [3.05, 3.63) is 92.4 Å². The molecule has 9 nitrogen and oxygen atoms in total. The summed E-state index contributed by atoms with van der Waals surface area (Å²) in [7, 11) is 4.67. The minimum Gasteiger partial charge on any atom is -0.493 e. The van der Waals surface area contributed by atoms with E-state index in [0.717, 1.165) is 21.7 Å². The Bertz CT molecular complexity index is 1680. The molecule has 10 heteroatoms. The van der Waals surface area contributed by atoms with Gasteiger partial charge >= 0.3 is 5.97 Å². The Morgan fingerprint density at radius 1 is 1.05 bits per heavy atom. The number of rotatable bonds is 7. The number of fused-ring (bicyclic) bond motifs is 1. The molecule has 41 heavy (non-hydrogen) atoms. The van der Waals surface area contributed by atoms with E-state index in [-0.39, 0.29) is 17.3 Å². The van der Waals surface area contributed by atoms with E-state index in [1.54, 1.807) is 61.6 Å². The number of anilines is 1. The molecule has 2 unspecified atom stereocenters. The van der Waals surface area contributed by atoms with E-state index in [1.165, 1.54) is 0 Å². The number of thiophene rings is 1. The number of benzene rings is 2. The Labute approximate surface area is 241 Å². The predicted molar refractivity (Wildman–Crippen MR) is 155 cm³/mol. The van der Waals surface area contributed by atoms with Crippen molar-refractivity contribution in [3.63, 3.8) is 0 Å². The third-order valence-electron chi connectivity index (χ3n) is 7.79. The van der Waals surface area contributed by atoms with Gasteiger partial charge in [-0.1, -0.05) is 18.2 Å². The summed E-state index contributed by atoms with van der Waals surface area (Å²) in [5, 5.41) is 20.3.